The molecule has 153 valence electrons. The summed E-state index contributed by atoms with van der Waals surface area (Å²) in [7, 11) is 0. The maximum atomic E-state index is 5.92. The lowest BCUT2D eigenvalue weighted by molar-refractivity contribution is 0.482. The predicted molar refractivity (Wildman–Crippen MR) is 121 cm³/mol. The lowest BCUT2D eigenvalue weighted by Crippen LogP contribution is -2.45. The van der Waals surface area contributed by atoms with E-state index in [-0.39, 0.29) is 0 Å². The molecule has 1 aromatic heterocycles. The van der Waals surface area contributed by atoms with Crippen LogP contribution in [-0.4, -0.2) is 22.6 Å². The van der Waals surface area contributed by atoms with Crippen LogP contribution in [0, 0.1) is 0 Å². The summed E-state index contributed by atoms with van der Waals surface area (Å²) in [6.45, 7) is 0.685. The summed E-state index contributed by atoms with van der Waals surface area (Å²) in [5.41, 5.74) is 2.27. The van der Waals surface area contributed by atoms with Crippen LogP contribution in [0.1, 0.15) is 24.5 Å². The molecule has 2 aliphatic heterocycles. The number of fused-ring (bicyclic) bond motifs is 1. The normalized spacial score (nSPS) is 17.9. The first-order chi connectivity index (χ1) is 15.3. The largest absolute Gasteiger partial charge is 0.457 e. The molecule has 0 atom stereocenters. The summed E-state index contributed by atoms with van der Waals surface area (Å²) < 4.78 is 5.92. The van der Waals surface area contributed by atoms with E-state index >= 15 is 0 Å². The maximum absolute atomic E-state index is 5.92. The van der Waals surface area contributed by atoms with Gasteiger partial charge in [0.15, 0.2) is 12.0 Å². The molecule has 7 nitrogen and oxygen atoms in total. The van der Waals surface area contributed by atoms with Crippen LogP contribution in [0.15, 0.2) is 90.1 Å². The minimum absolute atomic E-state index is 0.639. The maximum Gasteiger partial charge on any atom is 0.284 e. The fourth-order valence-electron chi connectivity index (χ4n) is 3.80. The molecule has 1 saturated carbocycles. The lowest BCUT2D eigenvalue weighted by Gasteiger charge is -2.25. The van der Waals surface area contributed by atoms with Crippen molar-refractivity contribution in [2.75, 3.05) is 16.8 Å². The first kappa shape index (κ1) is 18.0. The number of rotatable bonds is 6. The van der Waals surface area contributed by atoms with Gasteiger partial charge in [-0.2, -0.15) is 10.1 Å². The number of aromatic amines is 1. The van der Waals surface area contributed by atoms with E-state index in [0.717, 1.165) is 34.7 Å². The highest BCUT2D eigenvalue weighted by Crippen LogP contribution is 2.39. The smallest absolute Gasteiger partial charge is 0.284 e. The van der Waals surface area contributed by atoms with Crippen molar-refractivity contribution in [3.63, 3.8) is 0 Å². The van der Waals surface area contributed by atoms with E-state index < -0.39 is 0 Å². The van der Waals surface area contributed by atoms with Crippen molar-refractivity contribution in [1.29, 1.82) is 0 Å². The molecule has 0 unspecified atom stereocenters. The standard InChI is InChI=1S/C24H22N6O/c1-2-4-19(5-3-1)31-20-10-8-18(9-11-20)29-15-23-25-12-13-30(23)24(16-29)26-22-14-21(27-28-22)17-6-7-17/h1-5,8-14,16-17H,6-7,15H2,(H2,26,27,28)/q+1. The molecule has 1 fully saturated rings. The molecule has 2 aromatic carbocycles. The van der Waals surface area contributed by atoms with Gasteiger partial charge in [0.1, 0.15) is 18.0 Å². The number of anilines is 2. The first-order valence-electron chi connectivity index (χ1n) is 10.5. The number of H-pyrrole nitrogens is 1. The highest BCUT2D eigenvalue weighted by Gasteiger charge is 2.37. The third-order valence-corrected chi connectivity index (χ3v) is 5.59. The summed E-state index contributed by atoms with van der Waals surface area (Å²) in [5.74, 6) is 4.97. The highest BCUT2D eigenvalue weighted by molar-refractivity contribution is 5.96. The van der Waals surface area contributed by atoms with Crippen LogP contribution in [-0.2, 0) is 0 Å². The van der Waals surface area contributed by atoms with E-state index in [0.29, 0.717) is 12.5 Å². The fraction of sp³-hybridized carbons (Fsp3) is 0.167. The number of para-hydroxylation sites is 1. The van der Waals surface area contributed by atoms with Crippen molar-refractivity contribution in [3.05, 3.63) is 90.8 Å². The van der Waals surface area contributed by atoms with Gasteiger partial charge >= 0.3 is 0 Å². The second-order valence-electron chi connectivity index (χ2n) is 7.87. The van der Waals surface area contributed by atoms with Gasteiger partial charge in [0.25, 0.3) is 11.7 Å². The third-order valence-electron chi connectivity index (χ3n) is 5.59. The van der Waals surface area contributed by atoms with Gasteiger partial charge < -0.3 is 9.64 Å². The Hall–Kier alpha value is -3.84. The van der Waals surface area contributed by atoms with Crippen molar-refractivity contribution in [2.24, 2.45) is 4.99 Å². The van der Waals surface area contributed by atoms with Gasteiger partial charge in [-0.1, -0.05) is 18.2 Å². The van der Waals surface area contributed by atoms with Crippen molar-refractivity contribution in [3.8, 4) is 11.5 Å². The average molecular weight is 410 g/mol. The predicted octanol–water partition coefficient (Wildman–Crippen LogP) is 4.83. The molecule has 3 aliphatic rings. The number of nitrogens with zero attached hydrogens (tertiary/aromatic N) is 4. The summed E-state index contributed by atoms with van der Waals surface area (Å²) in [6.07, 6.45) is 8.37. The third kappa shape index (κ3) is 3.71. The molecule has 0 spiro atoms. The number of aromatic nitrogens is 2. The zero-order valence-corrected chi connectivity index (χ0v) is 16.9. The Kier molecular flexibility index (Phi) is 4.32. The van der Waals surface area contributed by atoms with E-state index in [1.165, 1.54) is 18.5 Å². The molecule has 3 aromatic rings. The molecule has 0 bridgehead atoms. The van der Waals surface area contributed by atoms with E-state index in [9.17, 15) is 0 Å². The number of aliphatic imine (C=N–C) groups is 1. The summed E-state index contributed by atoms with van der Waals surface area (Å²) >= 11 is 0. The Labute approximate surface area is 180 Å². The number of nitrogens with one attached hydrogen (secondary N) is 2. The van der Waals surface area contributed by atoms with Crippen molar-refractivity contribution >= 4 is 17.3 Å². The van der Waals surface area contributed by atoms with Crippen molar-refractivity contribution in [1.82, 2.24) is 15.1 Å². The molecule has 2 N–H and O–H groups in total. The van der Waals surface area contributed by atoms with Crippen molar-refractivity contribution in [2.45, 2.75) is 18.8 Å². The van der Waals surface area contributed by atoms with Crippen LogP contribution in [0.5, 0.6) is 11.5 Å². The van der Waals surface area contributed by atoms with Crippen LogP contribution in [0.3, 0.4) is 0 Å². The lowest BCUT2D eigenvalue weighted by atomic mass is 10.2. The summed E-state index contributed by atoms with van der Waals surface area (Å²) in [5, 5.41) is 11.0. The monoisotopic (exact) mass is 410 g/mol. The van der Waals surface area contributed by atoms with Gasteiger partial charge in [-0.15, -0.1) is 0 Å². The molecule has 31 heavy (non-hydrogen) atoms. The zero-order valence-electron chi connectivity index (χ0n) is 16.9. The Morgan fingerprint density at radius 1 is 1.03 bits per heavy atom. The van der Waals surface area contributed by atoms with Gasteiger partial charge in [-0.3, -0.25) is 10.4 Å². The molecular formula is C24H22N6O+. The number of hydrogen-bond donors (Lipinski definition) is 2. The number of benzene rings is 2. The molecule has 1 radical (unpaired) electrons. The van der Waals surface area contributed by atoms with E-state index in [2.05, 4.69) is 54.7 Å². The molecule has 1 aliphatic carbocycles. The van der Waals surface area contributed by atoms with Gasteiger partial charge in [0.05, 0.1) is 12.4 Å². The van der Waals surface area contributed by atoms with Gasteiger partial charge in [0, 0.05) is 23.4 Å². The Balaban J connectivity index is 1.23. The number of ether oxygens (including phenoxy) is 1. The van der Waals surface area contributed by atoms with E-state index in [1.54, 1.807) is 0 Å². The van der Waals surface area contributed by atoms with E-state index in [1.807, 2.05) is 54.9 Å². The minimum atomic E-state index is 0.639. The summed E-state index contributed by atoms with van der Waals surface area (Å²) in [4.78, 5) is 8.77. The first-order valence-corrected chi connectivity index (χ1v) is 10.5. The number of amidine groups is 1. The van der Waals surface area contributed by atoms with Gasteiger partial charge in [-0.05, 0) is 54.1 Å². The van der Waals surface area contributed by atoms with Crippen LogP contribution < -0.4 is 19.9 Å². The number of hydrogen-bond acceptors (Lipinski definition) is 6. The fourth-order valence-corrected chi connectivity index (χ4v) is 3.80. The second-order valence-corrected chi connectivity index (χ2v) is 7.87. The van der Waals surface area contributed by atoms with E-state index in [4.69, 9.17) is 4.74 Å². The summed E-state index contributed by atoms with van der Waals surface area (Å²) in [6, 6.07) is 20.0. The second kappa shape index (κ2) is 7.45. The quantitative estimate of drug-likeness (QED) is 0.571. The van der Waals surface area contributed by atoms with Gasteiger partial charge in [-0.25, -0.2) is 0 Å². The Bertz CT molecular complexity index is 1170. The SMILES string of the molecule is C1=C[N+]2C(Nc3cc(C4CC4)[nH]n3)=CN(c3ccc(Oc4ccccc4)cc3)CC2=N1. The topological polar surface area (TPSA) is 71.4 Å². The molecule has 3 heterocycles. The van der Waals surface area contributed by atoms with Gasteiger partial charge in [0.2, 0.25) is 0 Å². The molecule has 0 saturated heterocycles. The molecular weight excluding hydrogens is 388 g/mol. The van der Waals surface area contributed by atoms with Crippen molar-refractivity contribution < 1.29 is 4.74 Å². The van der Waals surface area contributed by atoms with Crippen LogP contribution in [0.25, 0.3) is 0 Å². The Morgan fingerprint density at radius 3 is 2.65 bits per heavy atom. The minimum Gasteiger partial charge on any atom is -0.457 e. The molecule has 7 heteroatoms. The highest BCUT2D eigenvalue weighted by atomic mass is 16.5. The van der Waals surface area contributed by atoms with Crippen LogP contribution in [0.2, 0.25) is 0 Å². The zero-order chi connectivity index (χ0) is 20.6. The van der Waals surface area contributed by atoms with Crippen LogP contribution >= 0.6 is 0 Å². The molecule has 0 amide bonds. The Morgan fingerprint density at radius 2 is 1.84 bits per heavy atom. The molecule has 6 rings (SSSR count). The van der Waals surface area contributed by atoms with Crippen LogP contribution in [0.4, 0.5) is 11.5 Å². The average Bonchev–Trinajstić information content (AvgIpc) is 3.35.